The van der Waals surface area contributed by atoms with Crippen LogP contribution in [0.2, 0.25) is 5.02 Å². The summed E-state index contributed by atoms with van der Waals surface area (Å²) in [4.78, 5) is 39.3. The van der Waals surface area contributed by atoms with Gasteiger partial charge in [-0.05, 0) is 24.3 Å². The van der Waals surface area contributed by atoms with Crippen molar-refractivity contribution in [3.05, 3.63) is 56.4 Å². The van der Waals surface area contributed by atoms with Crippen molar-refractivity contribution in [2.24, 2.45) is 0 Å². The quantitative estimate of drug-likeness (QED) is 0.239. The number of amides is 1. The van der Waals surface area contributed by atoms with Gasteiger partial charge in [-0.3, -0.25) is 20.2 Å². The fraction of sp³-hybridized carbons (Fsp3) is 0.105. The molecule has 0 atom stereocenters. The number of aromatic nitrogens is 1. The number of fused-ring (bicyclic) bond motifs is 2. The summed E-state index contributed by atoms with van der Waals surface area (Å²) >= 11 is 8.50. The number of ether oxygens (including phenoxy) is 2. The maximum atomic E-state index is 12.4. The van der Waals surface area contributed by atoms with Gasteiger partial charge in [0.2, 0.25) is 0 Å². The summed E-state index contributed by atoms with van der Waals surface area (Å²) in [6.07, 6.45) is 0. The molecule has 2 aromatic carbocycles. The highest BCUT2D eigenvalue weighted by atomic mass is 35.5. The average molecular weight is 478 g/mol. The number of nitrogens with one attached hydrogen (secondary N) is 1. The largest absolute Gasteiger partial charge is 0.497 e. The van der Waals surface area contributed by atoms with Crippen LogP contribution in [0.3, 0.4) is 0 Å². The molecule has 4 aromatic rings. The number of carbonyl (C=O) groups excluding carboxylic acids is 2. The van der Waals surface area contributed by atoms with Crippen LogP contribution < -0.4 is 10.1 Å². The van der Waals surface area contributed by atoms with Gasteiger partial charge in [0.05, 0.1) is 27.3 Å². The standard InChI is InChI=1S/C19H12ClN3O6S2/c1-28-10-3-4-11-13(7-10)30-17(16(11)20)18(25)29-8-15(24)22-19-21-12-5-2-9(23(26)27)6-14(12)31-19/h2-7H,8H2,1H3,(H,21,22,24). The molecule has 0 fully saturated rings. The van der Waals surface area contributed by atoms with Crippen LogP contribution in [0.15, 0.2) is 36.4 Å². The lowest BCUT2D eigenvalue weighted by Gasteiger charge is -2.03. The molecule has 9 nitrogen and oxygen atoms in total. The highest BCUT2D eigenvalue weighted by molar-refractivity contribution is 7.22. The smallest absolute Gasteiger partial charge is 0.350 e. The number of halogens is 1. The van der Waals surface area contributed by atoms with Gasteiger partial charge in [0.15, 0.2) is 11.7 Å². The number of nitro groups is 1. The minimum Gasteiger partial charge on any atom is -0.497 e. The Morgan fingerprint density at radius 3 is 2.74 bits per heavy atom. The Labute approximate surface area is 187 Å². The molecule has 2 heterocycles. The van der Waals surface area contributed by atoms with Crippen molar-refractivity contribution < 1.29 is 24.0 Å². The zero-order chi connectivity index (χ0) is 22.1. The van der Waals surface area contributed by atoms with Crippen LogP contribution in [0.1, 0.15) is 9.67 Å². The maximum absolute atomic E-state index is 12.4. The van der Waals surface area contributed by atoms with Crippen molar-refractivity contribution in [3.63, 3.8) is 0 Å². The Kier molecular flexibility index (Phi) is 5.72. The second kappa shape index (κ2) is 8.46. The first-order chi connectivity index (χ1) is 14.9. The molecule has 0 aliphatic rings. The van der Waals surface area contributed by atoms with E-state index in [0.717, 1.165) is 27.4 Å². The number of hydrogen-bond donors (Lipinski definition) is 1. The molecule has 0 radical (unpaired) electrons. The molecule has 1 N–H and O–H groups in total. The van der Waals surface area contributed by atoms with Crippen molar-refractivity contribution in [1.82, 2.24) is 4.98 Å². The van der Waals surface area contributed by atoms with E-state index in [1.807, 2.05) is 0 Å². The van der Waals surface area contributed by atoms with Crippen LogP contribution in [-0.2, 0) is 9.53 Å². The highest BCUT2D eigenvalue weighted by Gasteiger charge is 2.20. The highest BCUT2D eigenvalue weighted by Crippen LogP contribution is 2.37. The number of anilines is 1. The molecule has 31 heavy (non-hydrogen) atoms. The van der Waals surface area contributed by atoms with E-state index in [0.29, 0.717) is 21.4 Å². The van der Waals surface area contributed by atoms with Gasteiger partial charge >= 0.3 is 5.97 Å². The lowest BCUT2D eigenvalue weighted by molar-refractivity contribution is -0.384. The second-order valence-corrected chi connectivity index (χ2v) is 8.62. The first-order valence-corrected chi connectivity index (χ1v) is 10.6. The number of benzene rings is 2. The van der Waals surface area contributed by atoms with Gasteiger partial charge in [-0.2, -0.15) is 0 Å². The molecule has 12 heteroatoms. The van der Waals surface area contributed by atoms with E-state index in [2.05, 4.69) is 10.3 Å². The molecule has 0 aliphatic heterocycles. The van der Waals surface area contributed by atoms with Gasteiger partial charge < -0.3 is 9.47 Å². The van der Waals surface area contributed by atoms with E-state index in [1.165, 1.54) is 25.3 Å². The number of nitro benzene ring substituents is 1. The topological polar surface area (TPSA) is 121 Å². The van der Waals surface area contributed by atoms with Gasteiger partial charge in [0.25, 0.3) is 11.6 Å². The van der Waals surface area contributed by atoms with Crippen LogP contribution in [0.5, 0.6) is 5.75 Å². The van der Waals surface area contributed by atoms with Crippen LogP contribution in [0.25, 0.3) is 20.3 Å². The van der Waals surface area contributed by atoms with Crippen molar-refractivity contribution in [2.45, 2.75) is 0 Å². The Balaban J connectivity index is 1.42. The molecular formula is C19H12ClN3O6S2. The summed E-state index contributed by atoms with van der Waals surface area (Å²) in [5, 5.41) is 14.6. The minimum absolute atomic E-state index is 0.0687. The lowest BCUT2D eigenvalue weighted by atomic mass is 10.2. The number of thiazole rings is 1. The van der Waals surface area contributed by atoms with Gasteiger partial charge in [-0.25, -0.2) is 9.78 Å². The van der Waals surface area contributed by atoms with E-state index in [4.69, 9.17) is 21.1 Å². The second-order valence-electron chi connectivity index (χ2n) is 6.16. The molecule has 1 amide bonds. The van der Waals surface area contributed by atoms with Crippen LogP contribution in [0.4, 0.5) is 10.8 Å². The minimum atomic E-state index is -0.722. The van der Waals surface area contributed by atoms with Gasteiger partial charge in [-0.1, -0.05) is 22.9 Å². The Morgan fingerprint density at radius 2 is 2.00 bits per heavy atom. The Hall–Kier alpha value is -3.28. The number of carbonyl (C=O) groups is 2. The third-order valence-electron chi connectivity index (χ3n) is 4.19. The summed E-state index contributed by atoms with van der Waals surface area (Å²) in [5.74, 6) is -0.688. The molecule has 4 rings (SSSR count). The number of rotatable bonds is 6. The van der Waals surface area contributed by atoms with E-state index >= 15 is 0 Å². The monoisotopic (exact) mass is 477 g/mol. The number of nitrogens with zero attached hydrogens (tertiary/aromatic N) is 2. The molecule has 0 unspecified atom stereocenters. The molecule has 0 spiro atoms. The van der Waals surface area contributed by atoms with Gasteiger partial charge in [-0.15, -0.1) is 11.3 Å². The summed E-state index contributed by atoms with van der Waals surface area (Å²) in [6.45, 7) is -0.539. The Morgan fingerprint density at radius 1 is 1.19 bits per heavy atom. The van der Waals surface area contributed by atoms with Gasteiger partial charge in [0, 0.05) is 22.2 Å². The number of esters is 1. The number of non-ortho nitro benzene ring substituents is 1. The zero-order valence-electron chi connectivity index (χ0n) is 15.7. The third kappa shape index (κ3) is 4.29. The molecule has 0 saturated heterocycles. The fourth-order valence-electron chi connectivity index (χ4n) is 2.74. The average Bonchev–Trinajstić information content (AvgIpc) is 3.31. The normalized spacial score (nSPS) is 10.9. The molecular weight excluding hydrogens is 466 g/mol. The lowest BCUT2D eigenvalue weighted by Crippen LogP contribution is -2.20. The predicted molar refractivity (Wildman–Crippen MR) is 119 cm³/mol. The van der Waals surface area contributed by atoms with Crippen LogP contribution in [-0.4, -0.2) is 35.5 Å². The SMILES string of the molecule is COc1ccc2c(Cl)c(C(=O)OCC(=O)Nc3nc4ccc([N+](=O)[O-])cc4s3)sc2c1. The zero-order valence-corrected chi connectivity index (χ0v) is 18.1. The first kappa shape index (κ1) is 21.0. The van der Waals surface area contributed by atoms with E-state index in [1.54, 1.807) is 18.2 Å². The van der Waals surface area contributed by atoms with Crippen molar-refractivity contribution >= 4 is 77.3 Å². The number of hydrogen-bond acceptors (Lipinski definition) is 9. The van der Waals surface area contributed by atoms with E-state index < -0.39 is 23.4 Å². The van der Waals surface area contributed by atoms with Crippen LogP contribution in [0, 0.1) is 10.1 Å². The van der Waals surface area contributed by atoms with Crippen LogP contribution >= 0.6 is 34.3 Å². The van der Waals surface area contributed by atoms with E-state index in [9.17, 15) is 19.7 Å². The van der Waals surface area contributed by atoms with E-state index in [-0.39, 0.29) is 20.7 Å². The number of methoxy groups -OCH3 is 1. The molecule has 0 saturated carbocycles. The summed E-state index contributed by atoms with van der Waals surface area (Å²) in [6, 6.07) is 9.44. The van der Waals surface area contributed by atoms with Crippen molar-refractivity contribution in [3.8, 4) is 5.75 Å². The predicted octanol–water partition coefficient (Wildman–Crippen LogP) is 4.88. The molecule has 158 valence electrons. The first-order valence-electron chi connectivity index (χ1n) is 8.63. The molecule has 0 bridgehead atoms. The third-order valence-corrected chi connectivity index (χ3v) is 6.76. The molecule has 2 aromatic heterocycles. The summed E-state index contributed by atoms with van der Waals surface area (Å²) in [7, 11) is 1.54. The van der Waals surface area contributed by atoms with Crippen molar-refractivity contribution in [2.75, 3.05) is 19.0 Å². The summed E-state index contributed by atoms with van der Waals surface area (Å²) in [5.41, 5.74) is 0.441. The van der Waals surface area contributed by atoms with Gasteiger partial charge in [0.1, 0.15) is 10.6 Å². The van der Waals surface area contributed by atoms with Crippen molar-refractivity contribution in [1.29, 1.82) is 0 Å². The fourth-order valence-corrected chi connectivity index (χ4v) is 5.08. The summed E-state index contributed by atoms with van der Waals surface area (Å²) < 4.78 is 11.6. The number of thiophene rings is 1. The maximum Gasteiger partial charge on any atom is 0.350 e. The Bertz CT molecular complexity index is 1350. The molecule has 0 aliphatic carbocycles.